The molecule has 28 heavy (non-hydrogen) atoms. The molecule has 5 heteroatoms. The molecule has 152 valence electrons. The number of hydrogen-bond donors (Lipinski definition) is 0. The number of aryl methyl sites for hydroxylation is 1. The smallest absolute Gasteiger partial charge is 0.123 e. The fraction of sp³-hybridized carbons (Fsp3) is 0.609. The number of aromatic nitrogens is 2. The number of piperidine rings is 1. The summed E-state index contributed by atoms with van der Waals surface area (Å²) in [6.45, 7) is 8.62. The fourth-order valence-corrected chi connectivity index (χ4v) is 4.98. The highest BCUT2D eigenvalue weighted by Crippen LogP contribution is 2.49. The predicted octanol–water partition coefficient (Wildman–Crippen LogP) is 4.58. The molecule has 2 atom stereocenters. The van der Waals surface area contributed by atoms with E-state index in [0.717, 1.165) is 31.8 Å². The van der Waals surface area contributed by atoms with Gasteiger partial charge in [0.05, 0.1) is 18.9 Å². The number of likely N-dealkylation sites (tertiary alicyclic amines) is 1. The Hall–Kier alpha value is -1.72. The zero-order chi connectivity index (χ0) is 19.7. The van der Waals surface area contributed by atoms with E-state index in [1.54, 1.807) is 12.1 Å². The molecule has 2 aliphatic rings. The maximum atomic E-state index is 13.3. The van der Waals surface area contributed by atoms with E-state index in [1.165, 1.54) is 24.8 Å². The van der Waals surface area contributed by atoms with Gasteiger partial charge in [0.25, 0.3) is 0 Å². The fourth-order valence-electron chi connectivity index (χ4n) is 4.98. The summed E-state index contributed by atoms with van der Waals surface area (Å²) in [5, 5.41) is 4.28. The van der Waals surface area contributed by atoms with Gasteiger partial charge in [0.15, 0.2) is 0 Å². The van der Waals surface area contributed by atoms with Gasteiger partial charge in [-0.3, -0.25) is 9.58 Å². The van der Waals surface area contributed by atoms with Crippen molar-refractivity contribution in [2.24, 2.45) is 24.3 Å². The van der Waals surface area contributed by atoms with Crippen molar-refractivity contribution in [3.8, 4) is 0 Å². The average molecular weight is 386 g/mol. The van der Waals surface area contributed by atoms with Crippen LogP contribution in [0.3, 0.4) is 0 Å². The summed E-state index contributed by atoms with van der Waals surface area (Å²) >= 11 is 0. The Morgan fingerprint density at radius 3 is 2.54 bits per heavy atom. The monoisotopic (exact) mass is 385 g/mol. The number of rotatable bonds is 4. The minimum Gasteiger partial charge on any atom is -0.373 e. The molecule has 0 unspecified atom stereocenters. The maximum Gasteiger partial charge on any atom is 0.123 e. The van der Waals surface area contributed by atoms with Gasteiger partial charge in [-0.15, -0.1) is 0 Å². The molecule has 4 rings (SSSR count). The summed E-state index contributed by atoms with van der Waals surface area (Å²) in [5.74, 6) is 0.836. The molecule has 1 aromatic heterocycles. The molecule has 1 aromatic carbocycles. The van der Waals surface area contributed by atoms with Gasteiger partial charge < -0.3 is 4.74 Å². The first-order chi connectivity index (χ1) is 13.4. The molecule has 0 saturated carbocycles. The van der Waals surface area contributed by atoms with Crippen molar-refractivity contribution in [1.29, 1.82) is 0 Å². The summed E-state index contributed by atoms with van der Waals surface area (Å²) in [6, 6.07) is 6.89. The van der Waals surface area contributed by atoms with Crippen LogP contribution in [-0.2, 0) is 18.3 Å². The summed E-state index contributed by atoms with van der Waals surface area (Å²) in [6.07, 6.45) is 7.73. The Labute approximate surface area is 167 Å². The number of benzene rings is 1. The van der Waals surface area contributed by atoms with Crippen molar-refractivity contribution in [3.05, 3.63) is 53.6 Å². The van der Waals surface area contributed by atoms with Crippen LogP contribution < -0.4 is 0 Å². The third-order valence-electron chi connectivity index (χ3n) is 6.76. The van der Waals surface area contributed by atoms with E-state index >= 15 is 0 Å². The molecule has 0 aliphatic carbocycles. The zero-order valence-electron chi connectivity index (χ0n) is 17.3. The molecular formula is C23H32FN3O. The van der Waals surface area contributed by atoms with Crippen LogP contribution in [0.1, 0.15) is 50.3 Å². The summed E-state index contributed by atoms with van der Waals surface area (Å²) in [5.41, 5.74) is 2.69. The van der Waals surface area contributed by atoms with Gasteiger partial charge >= 0.3 is 0 Å². The van der Waals surface area contributed by atoms with Crippen LogP contribution in [0.2, 0.25) is 0 Å². The number of halogens is 1. The summed E-state index contributed by atoms with van der Waals surface area (Å²) in [7, 11) is 1.97. The first-order valence-electron chi connectivity index (χ1n) is 10.5. The van der Waals surface area contributed by atoms with E-state index in [1.807, 2.05) is 30.1 Å². The predicted molar refractivity (Wildman–Crippen MR) is 108 cm³/mol. The van der Waals surface area contributed by atoms with Crippen LogP contribution in [0.4, 0.5) is 4.39 Å². The molecule has 2 fully saturated rings. The van der Waals surface area contributed by atoms with Crippen molar-refractivity contribution < 1.29 is 9.13 Å². The van der Waals surface area contributed by atoms with Gasteiger partial charge in [0.1, 0.15) is 5.82 Å². The Morgan fingerprint density at radius 1 is 1.21 bits per heavy atom. The van der Waals surface area contributed by atoms with Gasteiger partial charge in [-0.25, -0.2) is 4.39 Å². The topological polar surface area (TPSA) is 30.3 Å². The van der Waals surface area contributed by atoms with Crippen LogP contribution in [0.15, 0.2) is 36.7 Å². The summed E-state index contributed by atoms with van der Waals surface area (Å²) < 4.78 is 21.7. The van der Waals surface area contributed by atoms with Crippen molar-refractivity contribution in [2.45, 2.75) is 45.8 Å². The lowest BCUT2D eigenvalue weighted by Gasteiger charge is -2.50. The first-order valence-corrected chi connectivity index (χ1v) is 10.5. The molecule has 0 radical (unpaired) electrons. The van der Waals surface area contributed by atoms with Crippen molar-refractivity contribution >= 4 is 0 Å². The van der Waals surface area contributed by atoms with Gasteiger partial charge in [-0.05, 0) is 67.3 Å². The molecule has 0 N–H and O–H groups in total. The van der Waals surface area contributed by atoms with E-state index in [-0.39, 0.29) is 17.3 Å². The second-order valence-corrected chi connectivity index (χ2v) is 9.19. The van der Waals surface area contributed by atoms with Crippen LogP contribution in [0.25, 0.3) is 0 Å². The minimum atomic E-state index is -0.182. The number of nitrogens with zero attached hydrogens (tertiary/aromatic N) is 3. The van der Waals surface area contributed by atoms with Gasteiger partial charge in [-0.1, -0.05) is 26.0 Å². The number of ether oxygens (including phenoxy) is 1. The Morgan fingerprint density at radius 2 is 1.93 bits per heavy atom. The molecule has 0 bridgehead atoms. The lowest BCUT2D eigenvalue weighted by atomic mass is 9.66. The van der Waals surface area contributed by atoms with Crippen LogP contribution in [-0.4, -0.2) is 34.4 Å². The highest BCUT2D eigenvalue weighted by Gasteiger charge is 2.44. The molecule has 1 spiro atoms. The SMILES string of the molecule is CC(C)[C@H]1CC2(CCN(Cc3cnn(C)c3)CC2)CO[C@@H]1c1ccc(F)cc1. The number of hydrogen-bond acceptors (Lipinski definition) is 3. The largest absolute Gasteiger partial charge is 0.373 e. The zero-order valence-corrected chi connectivity index (χ0v) is 17.3. The molecule has 4 nitrogen and oxygen atoms in total. The third kappa shape index (κ3) is 4.15. The highest BCUT2D eigenvalue weighted by atomic mass is 19.1. The standard InChI is InChI=1S/C23H32FN3O/c1-17(2)21-12-23(16-28-22(21)19-4-6-20(24)7-5-19)8-10-27(11-9-23)15-18-13-25-26(3)14-18/h4-7,13-14,17,21-22H,8-12,15-16H2,1-3H3/t21-,22-/m1/s1. The Balaban J connectivity index is 1.40. The van der Waals surface area contributed by atoms with E-state index in [0.29, 0.717) is 11.8 Å². The molecule has 0 amide bonds. The Bertz CT molecular complexity index is 777. The second kappa shape index (κ2) is 7.96. The van der Waals surface area contributed by atoms with Crippen molar-refractivity contribution in [3.63, 3.8) is 0 Å². The van der Waals surface area contributed by atoms with Gasteiger partial charge in [0.2, 0.25) is 0 Å². The molecule has 2 saturated heterocycles. The van der Waals surface area contributed by atoms with Crippen molar-refractivity contribution in [2.75, 3.05) is 19.7 Å². The van der Waals surface area contributed by atoms with E-state index in [2.05, 4.69) is 30.0 Å². The second-order valence-electron chi connectivity index (χ2n) is 9.19. The molecule has 2 aromatic rings. The van der Waals surface area contributed by atoms with Crippen LogP contribution in [0.5, 0.6) is 0 Å². The third-order valence-corrected chi connectivity index (χ3v) is 6.76. The molecule has 3 heterocycles. The quantitative estimate of drug-likeness (QED) is 0.772. The van der Waals surface area contributed by atoms with Crippen LogP contribution >= 0.6 is 0 Å². The van der Waals surface area contributed by atoms with E-state index in [4.69, 9.17) is 4.74 Å². The normalized spacial score (nSPS) is 25.5. The average Bonchev–Trinajstić information content (AvgIpc) is 3.09. The molecular weight excluding hydrogens is 353 g/mol. The lowest BCUT2D eigenvalue weighted by Crippen LogP contribution is -2.47. The maximum absolute atomic E-state index is 13.3. The van der Waals surface area contributed by atoms with Crippen molar-refractivity contribution in [1.82, 2.24) is 14.7 Å². The Kier molecular flexibility index (Phi) is 5.57. The lowest BCUT2D eigenvalue weighted by molar-refractivity contribution is -0.131. The van der Waals surface area contributed by atoms with Crippen LogP contribution in [0, 0.1) is 23.1 Å². The van der Waals surface area contributed by atoms with E-state index in [9.17, 15) is 4.39 Å². The molecule has 2 aliphatic heterocycles. The van der Waals surface area contributed by atoms with Gasteiger partial charge in [0, 0.05) is 25.4 Å². The minimum absolute atomic E-state index is 0.0830. The van der Waals surface area contributed by atoms with Gasteiger partial charge in [-0.2, -0.15) is 5.10 Å². The van der Waals surface area contributed by atoms with E-state index < -0.39 is 0 Å². The highest BCUT2D eigenvalue weighted by molar-refractivity contribution is 5.20. The first kappa shape index (κ1) is 19.6. The summed E-state index contributed by atoms with van der Waals surface area (Å²) in [4.78, 5) is 2.54.